The molecule has 4 heterocycles. The number of nitrogens with one attached hydrogen (secondary N) is 4. The molecular weight excluding hydrogens is 709 g/mol. The summed E-state index contributed by atoms with van der Waals surface area (Å²) in [5.41, 5.74) is 0. The van der Waals surface area contributed by atoms with E-state index in [4.69, 9.17) is 18.9 Å². The largest absolute Gasteiger partial charge is 0.378 e. The van der Waals surface area contributed by atoms with Gasteiger partial charge in [-0.15, -0.1) is 0 Å². The molecule has 4 saturated heterocycles. The van der Waals surface area contributed by atoms with Gasteiger partial charge < -0.3 is 40.2 Å². The Morgan fingerprint density at radius 3 is 0.860 bits per heavy atom. The minimum absolute atomic E-state index is 0.123. The smallest absolute Gasteiger partial charge is 0.184 e. The predicted octanol–water partition coefficient (Wildman–Crippen LogP) is 9.73. The third-order valence-corrected chi connectivity index (χ3v) is 14.6. The summed E-state index contributed by atoms with van der Waals surface area (Å²) in [6, 6.07) is 3.60. The third-order valence-electron chi connectivity index (χ3n) is 14.6. The molecule has 0 aromatic rings. The van der Waals surface area contributed by atoms with Gasteiger partial charge in [0.25, 0.3) is 0 Å². The average Bonchev–Trinajstić information content (AvgIpc) is 3.15. The van der Waals surface area contributed by atoms with Crippen LogP contribution in [0.4, 0.5) is 0 Å². The Labute approximate surface area is 353 Å². The lowest BCUT2D eigenvalue weighted by Gasteiger charge is -2.45. The second kappa shape index (κ2) is 23.2. The molecule has 4 aliphatic rings. The van der Waals surface area contributed by atoms with Crippen molar-refractivity contribution in [3.63, 3.8) is 0 Å². The van der Waals surface area contributed by atoms with Crippen LogP contribution in [0.2, 0.25) is 0 Å². The summed E-state index contributed by atoms with van der Waals surface area (Å²) in [6.45, 7) is 38.4. The van der Waals surface area contributed by atoms with Gasteiger partial charge in [0.05, 0.1) is 24.4 Å². The Bertz CT molecular complexity index is 1010. The first-order chi connectivity index (χ1) is 26.8. The summed E-state index contributed by atoms with van der Waals surface area (Å²) in [5.74, 6) is 4.46. The van der Waals surface area contributed by atoms with Crippen LogP contribution >= 0.6 is 0 Å². The van der Waals surface area contributed by atoms with Gasteiger partial charge in [-0.2, -0.15) is 0 Å². The number of hydrogen-bond donors (Lipinski definition) is 4. The lowest BCUT2D eigenvalue weighted by atomic mass is 9.85. The molecule has 0 spiro atoms. The number of ether oxygens (including phenoxy) is 4. The van der Waals surface area contributed by atoms with Crippen LogP contribution in [0.15, 0.2) is 0 Å². The van der Waals surface area contributed by atoms with E-state index in [-0.39, 0.29) is 24.4 Å². The second-order valence-electron chi connectivity index (χ2n) is 22.2. The van der Waals surface area contributed by atoms with E-state index in [9.17, 15) is 0 Å². The van der Waals surface area contributed by atoms with E-state index in [1.807, 2.05) is 0 Å². The van der Waals surface area contributed by atoms with E-state index >= 15 is 0 Å². The van der Waals surface area contributed by atoms with Gasteiger partial charge in [0.15, 0.2) is 6.29 Å². The predicted molar refractivity (Wildman–Crippen MR) is 240 cm³/mol. The van der Waals surface area contributed by atoms with Crippen molar-refractivity contribution < 1.29 is 18.9 Å². The fourth-order valence-corrected chi connectivity index (χ4v) is 10.1. The quantitative estimate of drug-likeness (QED) is 0.0716. The van der Waals surface area contributed by atoms with Gasteiger partial charge >= 0.3 is 0 Å². The highest BCUT2D eigenvalue weighted by atomic mass is 16.7. The van der Waals surface area contributed by atoms with Gasteiger partial charge in [0.1, 0.15) is 6.10 Å². The van der Waals surface area contributed by atoms with Crippen LogP contribution in [0.25, 0.3) is 0 Å². The van der Waals surface area contributed by atoms with Gasteiger partial charge in [0.2, 0.25) is 0 Å². The molecule has 9 atom stereocenters. The molecule has 57 heavy (non-hydrogen) atoms. The van der Waals surface area contributed by atoms with Crippen LogP contribution in [0.5, 0.6) is 0 Å². The fraction of sp³-hybridized carbons (Fsp3) is 1.00. The molecule has 0 amide bonds. The molecule has 0 aliphatic carbocycles. The Balaban J connectivity index is 1.63. The third kappa shape index (κ3) is 15.2. The summed E-state index contributed by atoms with van der Waals surface area (Å²) in [5, 5.41) is 16.0. The van der Waals surface area contributed by atoms with Crippen LogP contribution < -0.4 is 21.3 Å². The van der Waals surface area contributed by atoms with Crippen LogP contribution in [0, 0.1) is 47.3 Å². The molecule has 0 aromatic heterocycles. The summed E-state index contributed by atoms with van der Waals surface area (Å²) in [7, 11) is 0. The van der Waals surface area contributed by atoms with E-state index in [2.05, 4.69) is 132 Å². The van der Waals surface area contributed by atoms with Gasteiger partial charge in [-0.1, -0.05) is 111 Å². The Morgan fingerprint density at radius 1 is 0.351 bits per heavy atom. The summed E-state index contributed by atoms with van der Waals surface area (Å²) in [4.78, 5) is 0. The highest BCUT2D eigenvalue weighted by Crippen LogP contribution is 2.34. The van der Waals surface area contributed by atoms with Gasteiger partial charge in [-0.05, 0) is 112 Å². The molecule has 0 radical (unpaired) electrons. The maximum Gasteiger partial charge on any atom is 0.184 e. The van der Waals surface area contributed by atoms with Crippen molar-refractivity contribution in [2.45, 2.75) is 260 Å². The summed E-state index contributed by atoms with van der Waals surface area (Å²) >= 11 is 0. The normalized spacial score (nSPS) is 35.8. The van der Waals surface area contributed by atoms with Crippen molar-refractivity contribution in [1.29, 1.82) is 0 Å². The van der Waals surface area contributed by atoms with Crippen LogP contribution in [-0.2, 0) is 18.9 Å². The highest BCUT2D eigenvalue weighted by molar-refractivity contribution is 4.94. The summed E-state index contributed by atoms with van der Waals surface area (Å²) in [6.07, 6.45) is 10.2. The molecule has 336 valence electrons. The molecule has 4 N–H and O–H groups in total. The average molecular weight is 805 g/mol. The first-order valence-electron chi connectivity index (χ1n) is 24.4. The first-order valence-corrected chi connectivity index (χ1v) is 24.4. The van der Waals surface area contributed by atoms with Crippen LogP contribution in [0.1, 0.15) is 175 Å². The SMILES string of the molecule is CC(C)C1CC(OCCCC(OC2CC(C(C)C)NC(C(C)C)C2)C(OC2CC(C(C)C)NC(C(C)C)C2)OC2CC(C(C)C)NC(C(C)C)C2)CC(C(C)C)N1. The van der Waals surface area contributed by atoms with E-state index in [1.54, 1.807) is 0 Å². The van der Waals surface area contributed by atoms with Crippen molar-refractivity contribution in [3.05, 3.63) is 0 Å². The Kier molecular flexibility index (Phi) is 20.1. The maximum atomic E-state index is 7.50. The van der Waals surface area contributed by atoms with Gasteiger partial charge in [0, 0.05) is 54.9 Å². The van der Waals surface area contributed by atoms with Crippen molar-refractivity contribution in [1.82, 2.24) is 21.3 Å². The van der Waals surface area contributed by atoms with E-state index in [0.717, 1.165) is 70.8 Å². The molecule has 4 rings (SSSR count). The van der Waals surface area contributed by atoms with E-state index in [1.165, 1.54) is 0 Å². The Morgan fingerprint density at radius 2 is 0.596 bits per heavy atom. The second-order valence-corrected chi connectivity index (χ2v) is 22.2. The van der Waals surface area contributed by atoms with Crippen molar-refractivity contribution >= 4 is 0 Å². The molecule has 4 aliphatic heterocycles. The molecule has 0 saturated carbocycles. The zero-order valence-corrected chi connectivity index (χ0v) is 40.1. The van der Waals surface area contributed by atoms with E-state index < -0.39 is 6.29 Å². The van der Waals surface area contributed by atoms with Gasteiger partial charge in [-0.3, -0.25) is 0 Å². The molecule has 0 bridgehead atoms. The van der Waals surface area contributed by atoms with Crippen LogP contribution in [-0.4, -0.2) is 91.8 Å². The molecule has 8 nitrogen and oxygen atoms in total. The van der Waals surface area contributed by atoms with E-state index in [0.29, 0.717) is 102 Å². The minimum atomic E-state index is -0.420. The molecule has 4 fully saturated rings. The van der Waals surface area contributed by atoms with Crippen molar-refractivity contribution in [2.24, 2.45) is 47.3 Å². The highest BCUT2D eigenvalue weighted by Gasteiger charge is 2.41. The van der Waals surface area contributed by atoms with Crippen molar-refractivity contribution in [2.75, 3.05) is 6.61 Å². The first kappa shape index (κ1) is 49.3. The standard InChI is InChI=1S/C49H96N4O4/c1-28(2)40-20-36(21-41(50-40)29(3)4)54-19-17-18-48(55-37-22-42(30(5)6)51-43(23-37)31(7)8)49(56-38-24-44(32(9)10)52-45(25-38)33(11)12)57-39-26-46(34(13)14)53-47(27-39)35(15)16/h28-53H,17-27H2,1-16H3. The van der Waals surface area contributed by atoms with Crippen LogP contribution in [0.3, 0.4) is 0 Å². The summed E-state index contributed by atoms with van der Waals surface area (Å²) < 4.78 is 29.2. The maximum absolute atomic E-state index is 7.50. The topological polar surface area (TPSA) is 85.0 Å². The molecular formula is C49H96N4O4. The van der Waals surface area contributed by atoms with Gasteiger partial charge in [-0.25, -0.2) is 0 Å². The zero-order chi connectivity index (χ0) is 42.1. The number of piperidine rings is 4. The lowest BCUT2D eigenvalue weighted by molar-refractivity contribution is -0.266. The number of rotatable bonds is 20. The lowest BCUT2D eigenvalue weighted by Crippen LogP contribution is -2.56. The van der Waals surface area contributed by atoms with Crippen molar-refractivity contribution in [3.8, 4) is 0 Å². The minimum Gasteiger partial charge on any atom is -0.378 e. The monoisotopic (exact) mass is 805 g/mol. The molecule has 8 heteroatoms. The fourth-order valence-electron chi connectivity index (χ4n) is 10.1. The zero-order valence-electron chi connectivity index (χ0n) is 40.1. The Hall–Kier alpha value is -0.320. The number of hydrogen-bond acceptors (Lipinski definition) is 8. The molecule has 0 aromatic carbocycles. The molecule has 9 unspecified atom stereocenters.